The molecule has 1 aliphatic rings. The van der Waals surface area contributed by atoms with Gasteiger partial charge in [0.1, 0.15) is 5.82 Å². The fraction of sp³-hybridized carbons (Fsp3) is 0.600. The number of benzene rings is 1. The molecule has 18 heavy (non-hydrogen) atoms. The molecule has 2 unspecified atom stereocenters. The lowest BCUT2D eigenvalue weighted by Crippen LogP contribution is -2.27. The number of nitrogens with zero attached hydrogens (tertiary/aromatic N) is 1. The van der Waals surface area contributed by atoms with E-state index < -0.39 is 0 Å². The molecule has 0 saturated carbocycles. The van der Waals surface area contributed by atoms with Crippen LogP contribution in [0.15, 0.2) is 18.2 Å². The first-order valence-corrected chi connectivity index (χ1v) is 6.88. The van der Waals surface area contributed by atoms with Crippen LogP contribution < -0.4 is 10.6 Å². The molecule has 2 atom stereocenters. The first-order valence-electron chi connectivity index (χ1n) is 6.88. The van der Waals surface area contributed by atoms with Gasteiger partial charge in [0.15, 0.2) is 0 Å². The van der Waals surface area contributed by atoms with E-state index in [1.165, 1.54) is 12.5 Å². The van der Waals surface area contributed by atoms with Crippen molar-refractivity contribution >= 4 is 5.69 Å². The van der Waals surface area contributed by atoms with E-state index in [9.17, 15) is 4.39 Å². The van der Waals surface area contributed by atoms with E-state index in [0.717, 1.165) is 43.1 Å². The fourth-order valence-electron chi connectivity index (χ4n) is 2.72. The van der Waals surface area contributed by atoms with Gasteiger partial charge < -0.3 is 10.6 Å². The minimum atomic E-state index is -0.139. The highest BCUT2D eigenvalue weighted by atomic mass is 19.1. The van der Waals surface area contributed by atoms with Crippen LogP contribution in [0.1, 0.15) is 44.7 Å². The zero-order valence-corrected chi connectivity index (χ0v) is 11.3. The van der Waals surface area contributed by atoms with Gasteiger partial charge >= 0.3 is 0 Å². The Kier molecular flexibility index (Phi) is 4.23. The van der Waals surface area contributed by atoms with Gasteiger partial charge in [0.25, 0.3) is 0 Å². The molecule has 100 valence electrons. The summed E-state index contributed by atoms with van der Waals surface area (Å²) in [4.78, 5) is 2.18. The van der Waals surface area contributed by atoms with Crippen molar-refractivity contribution in [2.24, 2.45) is 11.7 Å². The molecule has 0 amide bonds. The molecule has 3 heteroatoms. The molecule has 1 aliphatic heterocycles. The number of nitrogens with two attached hydrogens (primary N) is 1. The van der Waals surface area contributed by atoms with Crippen molar-refractivity contribution in [3.63, 3.8) is 0 Å². The third-order valence-corrected chi connectivity index (χ3v) is 3.84. The Morgan fingerprint density at radius 2 is 2.11 bits per heavy atom. The molecule has 0 spiro atoms. The molecule has 0 aromatic heterocycles. The molecular formula is C15H23FN2. The van der Waals surface area contributed by atoms with Crippen molar-refractivity contribution in [3.8, 4) is 0 Å². The van der Waals surface area contributed by atoms with Gasteiger partial charge in [-0.25, -0.2) is 4.39 Å². The van der Waals surface area contributed by atoms with Crippen LogP contribution in [0.2, 0.25) is 0 Å². The fourth-order valence-corrected chi connectivity index (χ4v) is 2.72. The molecule has 2 N–H and O–H groups in total. The van der Waals surface area contributed by atoms with E-state index in [1.807, 2.05) is 13.0 Å². The van der Waals surface area contributed by atoms with Crippen molar-refractivity contribution < 1.29 is 4.39 Å². The van der Waals surface area contributed by atoms with Crippen molar-refractivity contribution in [3.05, 3.63) is 29.6 Å². The maximum absolute atomic E-state index is 14.1. The summed E-state index contributed by atoms with van der Waals surface area (Å²) in [6.07, 6.45) is 3.50. The maximum atomic E-state index is 14.1. The first kappa shape index (κ1) is 13.3. The van der Waals surface area contributed by atoms with Crippen LogP contribution in [0.25, 0.3) is 0 Å². The number of hydrogen-bond acceptors (Lipinski definition) is 2. The number of hydrogen-bond donors (Lipinski definition) is 1. The SMILES string of the molecule is CC1CCCN(c2c(F)cccc2C(C)N)CC1. The predicted molar refractivity (Wildman–Crippen MR) is 74.2 cm³/mol. The molecule has 0 radical (unpaired) electrons. The number of rotatable bonds is 2. The average Bonchev–Trinajstić information content (AvgIpc) is 2.53. The topological polar surface area (TPSA) is 29.3 Å². The molecule has 1 heterocycles. The highest BCUT2D eigenvalue weighted by Gasteiger charge is 2.20. The summed E-state index contributed by atoms with van der Waals surface area (Å²) in [6.45, 7) is 6.06. The molecular weight excluding hydrogens is 227 g/mol. The van der Waals surface area contributed by atoms with Gasteiger partial charge in [-0.2, -0.15) is 0 Å². The average molecular weight is 250 g/mol. The summed E-state index contributed by atoms with van der Waals surface area (Å²) >= 11 is 0. The Morgan fingerprint density at radius 3 is 2.83 bits per heavy atom. The van der Waals surface area contributed by atoms with E-state index in [4.69, 9.17) is 5.73 Å². The van der Waals surface area contributed by atoms with Crippen LogP contribution in [0, 0.1) is 11.7 Å². The number of halogens is 1. The Bertz CT molecular complexity index is 403. The lowest BCUT2D eigenvalue weighted by molar-refractivity contribution is 0.520. The highest BCUT2D eigenvalue weighted by molar-refractivity contribution is 5.56. The summed E-state index contributed by atoms with van der Waals surface area (Å²) in [5.41, 5.74) is 7.61. The van der Waals surface area contributed by atoms with E-state index in [2.05, 4.69) is 11.8 Å². The quantitative estimate of drug-likeness (QED) is 0.870. The molecule has 0 aliphatic carbocycles. The van der Waals surface area contributed by atoms with Gasteiger partial charge in [0.05, 0.1) is 5.69 Å². The Morgan fingerprint density at radius 1 is 1.33 bits per heavy atom. The monoisotopic (exact) mass is 250 g/mol. The molecule has 1 aromatic carbocycles. The van der Waals surface area contributed by atoms with Crippen LogP contribution in [0.5, 0.6) is 0 Å². The van der Waals surface area contributed by atoms with Crippen LogP contribution in [0.3, 0.4) is 0 Å². The largest absolute Gasteiger partial charge is 0.369 e. The standard InChI is InChI=1S/C15H23FN2/c1-11-5-4-9-18(10-8-11)15-13(12(2)17)6-3-7-14(15)16/h3,6-7,11-12H,4-5,8-10,17H2,1-2H3. The van der Waals surface area contributed by atoms with Crippen molar-refractivity contribution in [2.45, 2.75) is 39.2 Å². The van der Waals surface area contributed by atoms with Crippen LogP contribution in [-0.4, -0.2) is 13.1 Å². The summed E-state index contributed by atoms with van der Waals surface area (Å²) in [5, 5.41) is 0. The van der Waals surface area contributed by atoms with Crippen LogP contribution >= 0.6 is 0 Å². The van der Waals surface area contributed by atoms with Gasteiger partial charge in [0, 0.05) is 19.1 Å². The zero-order chi connectivity index (χ0) is 13.1. The van der Waals surface area contributed by atoms with Gasteiger partial charge in [-0.15, -0.1) is 0 Å². The minimum absolute atomic E-state index is 0.128. The smallest absolute Gasteiger partial charge is 0.146 e. The molecule has 2 nitrogen and oxygen atoms in total. The van der Waals surface area contributed by atoms with Gasteiger partial charge in [-0.1, -0.05) is 19.1 Å². The second-order valence-electron chi connectivity index (χ2n) is 5.49. The van der Waals surface area contributed by atoms with Gasteiger partial charge in [-0.3, -0.25) is 0 Å². The summed E-state index contributed by atoms with van der Waals surface area (Å²) in [5.74, 6) is 0.597. The van der Waals surface area contributed by atoms with E-state index in [1.54, 1.807) is 6.07 Å². The van der Waals surface area contributed by atoms with E-state index in [-0.39, 0.29) is 11.9 Å². The van der Waals surface area contributed by atoms with Crippen molar-refractivity contribution in [1.29, 1.82) is 0 Å². The molecule has 1 aromatic rings. The van der Waals surface area contributed by atoms with Crippen LogP contribution in [0.4, 0.5) is 10.1 Å². The highest BCUT2D eigenvalue weighted by Crippen LogP contribution is 2.31. The lowest BCUT2D eigenvalue weighted by atomic mass is 10.0. The van der Waals surface area contributed by atoms with Crippen molar-refractivity contribution in [2.75, 3.05) is 18.0 Å². The van der Waals surface area contributed by atoms with E-state index >= 15 is 0 Å². The van der Waals surface area contributed by atoms with E-state index in [0.29, 0.717) is 0 Å². The first-order chi connectivity index (χ1) is 8.59. The summed E-state index contributed by atoms with van der Waals surface area (Å²) in [6, 6.07) is 5.10. The zero-order valence-electron chi connectivity index (χ0n) is 11.3. The second-order valence-corrected chi connectivity index (χ2v) is 5.49. The Hall–Kier alpha value is -1.09. The molecule has 2 rings (SSSR count). The van der Waals surface area contributed by atoms with Gasteiger partial charge in [0.2, 0.25) is 0 Å². The van der Waals surface area contributed by atoms with Crippen LogP contribution in [-0.2, 0) is 0 Å². The lowest BCUT2D eigenvalue weighted by Gasteiger charge is -2.27. The predicted octanol–water partition coefficient (Wildman–Crippen LogP) is 3.47. The van der Waals surface area contributed by atoms with Crippen molar-refractivity contribution in [1.82, 2.24) is 0 Å². The molecule has 0 bridgehead atoms. The summed E-state index contributed by atoms with van der Waals surface area (Å²) in [7, 11) is 0. The Labute approximate surface area is 109 Å². The second kappa shape index (κ2) is 5.70. The maximum Gasteiger partial charge on any atom is 0.146 e. The third-order valence-electron chi connectivity index (χ3n) is 3.84. The number of para-hydroxylation sites is 1. The minimum Gasteiger partial charge on any atom is -0.369 e. The normalized spacial score (nSPS) is 22.7. The third kappa shape index (κ3) is 2.83. The summed E-state index contributed by atoms with van der Waals surface area (Å²) < 4.78 is 14.1. The Balaban J connectivity index is 2.31. The molecule has 1 saturated heterocycles. The van der Waals surface area contributed by atoms with Gasteiger partial charge in [-0.05, 0) is 43.7 Å². The molecule has 1 fully saturated rings. The number of anilines is 1.